The maximum atomic E-state index is 13.6. The van der Waals surface area contributed by atoms with Crippen LogP contribution in [0.5, 0.6) is 0 Å². The normalized spacial score (nSPS) is 14.8. The van der Waals surface area contributed by atoms with Gasteiger partial charge in [-0.05, 0) is 50.2 Å². The van der Waals surface area contributed by atoms with Crippen molar-refractivity contribution in [3.63, 3.8) is 0 Å². The predicted octanol–water partition coefficient (Wildman–Crippen LogP) is 3.16. The molecule has 0 spiro atoms. The summed E-state index contributed by atoms with van der Waals surface area (Å²) in [6, 6.07) is 11.0. The Hall–Kier alpha value is -2.90. The van der Waals surface area contributed by atoms with Crippen LogP contribution in [0.1, 0.15) is 23.2 Å². The van der Waals surface area contributed by atoms with Gasteiger partial charge in [0.15, 0.2) is 5.65 Å². The third kappa shape index (κ3) is 3.20. The van der Waals surface area contributed by atoms with E-state index in [0.29, 0.717) is 28.4 Å². The molecule has 1 saturated heterocycles. The molecule has 0 bridgehead atoms. The Balaban J connectivity index is 1.73. The first-order valence-electron chi connectivity index (χ1n) is 10.5. The van der Waals surface area contributed by atoms with Crippen LogP contribution in [0.3, 0.4) is 0 Å². The van der Waals surface area contributed by atoms with Gasteiger partial charge < -0.3 is 14.4 Å². The zero-order chi connectivity index (χ0) is 21.7. The van der Waals surface area contributed by atoms with Crippen molar-refractivity contribution in [2.75, 3.05) is 33.2 Å². The molecule has 0 N–H and O–H groups in total. The molecule has 31 heavy (non-hydrogen) atoms. The minimum atomic E-state index is -0.317. The van der Waals surface area contributed by atoms with Gasteiger partial charge in [0.2, 0.25) is 5.43 Å². The van der Waals surface area contributed by atoms with Crippen LogP contribution in [0.2, 0.25) is 5.15 Å². The smallest absolute Gasteiger partial charge is 0.261 e. The number of benzene rings is 1. The molecule has 0 unspecified atom stereocenters. The molecule has 1 aliphatic rings. The second-order valence-corrected chi connectivity index (χ2v) is 8.58. The molecule has 0 radical (unpaired) electrons. The lowest BCUT2D eigenvalue weighted by molar-refractivity contribution is 0.0782. The van der Waals surface area contributed by atoms with E-state index in [-0.39, 0.29) is 16.9 Å². The van der Waals surface area contributed by atoms with Crippen LogP contribution in [0, 0.1) is 0 Å². The van der Waals surface area contributed by atoms with Gasteiger partial charge >= 0.3 is 0 Å². The lowest BCUT2D eigenvalue weighted by atomic mass is 10.1. The molecule has 5 rings (SSSR count). The number of aromatic nitrogens is 3. The van der Waals surface area contributed by atoms with Gasteiger partial charge in [-0.1, -0.05) is 23.7 Å². The summed E-state index contributed by atoms with van der Waals surface area (Å²) in [7, 11) is 3.63. The molecule has 1 aliphatic heterocycles. The van der Waals surface area contributed by atoms with Crippen LogP contribution in [0.4, 0.5) is 0 Å². The average molecular weight is 438 g/mol. The third-order valence-corrected chi connectivity index (χ3v) is 6.48. The summed E-state index contributed by atoms with van der Waals surface area (Å²) < 4.78 is 3.76. The quantitative estimate of drug-likeness (QED) is 0.460. The lowest BCUT2D eigenvalue weighted by Crippen LogP contribution is -2.37. The summed E-state index contributed by atoms with van der Waals surface area (Å²) in [5.74, 6) is -0.274. The van der Waals surface area contributed by atoms with E-state index in [4.69, 9.17) is 11.6 Å². The average Bonchev–Trinajstić information content (AvgIpc) is 3.39. The number of likely N-dealkylation sites (N-methyl/N-ethyl adjacent to an activating group) is 1. The number of imidazole rings is 1. The van der Waals surface area contributed by atoms with E-state index in [1.165, 1.54) is 12.8 Å². The first-order valence-corrected chi connectivity index (χ1v) is 10.9. The van der Waals surface area contributed by atoms with Crippen molar-refractivity contribution in [1.82, 2.24) is 23.8 Å². The van der Waals surface area contributed by atoms with Crippen LogP contribution < -0.4 is 5.43 Å². The Bertz CT molecular complexity index is 1380. The van der Waals surface area contributed by atoms with Crippen molar-refractivity contribution >= 4 is 45.2 Å². The van der Waals surface area contributed by atoms with E-state index in [1.54, 1.807) is 24.1 Å². The topological polar surface area (TPSA) is 62.9 Å². The number of nitrogens with zero attached hydrogens (tertiary/aromatic N) is 5. The number of likely N-dealkylation sites (tertiary alicyclic amines) is 1. The Labute approximate surface area is 184 Å². The molecule has 1 aromatic carbocycles. The van der Waals surface area contributed by atoms with E-state index in [2.05, 4.69) is 9.88 Å². The zero-order valence-electron chi connectivity index (χ0n) is 17.6. The Kier molecular flexibility index (Phi) is 4.95. The summed E-state index contributed by atoms with van der Waals surface area (Å²) >= 11 is 6.17. The number of amides is 1. The van der Waals surface area contributed by atoms with E-state index in [0.717, 1.165) is 30.7 Å². The van der Waals surface area contributed by atoms with E-state index in [1.807, 2.05) is 40.3 Å². The molecule has 7 nitrogen and oxygen atoms in total. The number of hydrogen-bond donors (Lipinski definition) is 0. The molecule has 1 amide bonds. The molecule has 0 aliphatic carbocycles. The zero-order valence-corrected chi connectivity index (χ0v) is 18.4. The molecule has 4 aromatic rings. The molecule has 160 valence electrons. The van der Waals surface area contributed by atoms with E-state index >= 15 is 0 Å². The van der Waals surface area contributed by atoms with Crippen molar-refractivity contribution in [1.29, 1.82) is 0 Å². The first-order chi connectivity index (χ1) is 15.0. The molecule has 3 aromatic heterocycles. The highest BCUT2D eigenvalue weighted by molar-refractivity contribution is 6.29. The van der Waals surface area contributed by atoms with Gasteiger partial charge in [-0.25, -0.2) is 4.98 Å². The van der Waals surface area contributed by atoms with Crippen molar-refractivity contribution in [3.8, 4) is 0 Å². The Morgan fingerprint density at radius 3 is 2.58 bits per heavy atom. The number of pyridine rings is 2. The molecule has 1 fully saturated rings. The van der Waals surface area contributed by atoms with Crippen LogP contribution in [-0.4, -0.2) is 62.9 Å². The van der Waals surface area contributed by atoms with Gasteiger partial charge in [0.1, 0.15) is 16.4 Å². The largest absolute Gasteiger partial charge is 0.340 e. The summed E-state index contributed by atoms with van der Waals surface area (Å²) in [6.45, 7) is 3.53. The molecule has 4 heterocycles. The van der Waals surface area contributed by atoms with Gasteiger partial charge in [-0.2, -0.15) is 0 Å². The van der Waals surface area contributed by atoms with E-state index in [9.17, 15) is 9.59 Å². The highest BCUT2D eigenvalue weighted by atomic mass is 35.5. The number of aryl methyl sites for hydroxylation is 1. The van der Waals surface area contributed by atoms with Crippen LogP contribution in [0.15, 0.2) is 41.2 Å². The standard InChI is InChI=1S/C23H24ClN5O2/c1-26(13-14-28-11-5-6-12-28)23(31)19-20(30)15-9-10-18(24)25-21(15)29-17-8-4-3-7-16(17)27(2)22(19)29/h3-4,7-10H,5-6,11-14H2,1-2H3. The number of rotatable bonds is 4. The molecule has 0 saturated carbocycles. The highest BCUT2D eigenvalue weighted by Crippen LogP contribution is 2.26. The molecular formula is C23H24ClN5O2. The minimum absolute atomic E-state index is 0.166. The highest BCUT2D eigenvalue weighted by Gasteiger charge is 2.26. The van der Waals surface area contributed by atoms with Crippen molar-refractivity contribution in [3.05, 3.63) is 57.3 Å². The Morgan fingerprint density at radius 1 is 1.13 bits per heavy atom. The molecule has 8 heteroatoms. The van der Waals surface area contributed by atoms with Crippen molar-refractivity contribution in [2.45, 2.75) is 12.8 Å². The number of carbonyl (C=O) groups is 1. The number of para-hydroxylation sites is 2. The fraction of sp³-hybridized carbons (Fsp3) is 0.348. The summed E-state index contributed by atoms with van der Waals surface area (Å²) in [5.41, 5.74) is 2.62. The number of fused-ring (bicyclic) bond motifs is 5. The monoisotopic (exact) mass is 437 g/mol. The molecular weight excluding hydrogens is 414 g/mol. The lowest BCUT2D eigenvalue weighted by Gasteiger charge is -2.22. The van der Waals surface area contributed by atoms with Gasteiger partial charge in [0, 0.05) is 27.2 Å². The second kappa shape index (κ2) is 7.66. The van der Waals surface area contributed by atoms with Crippen LogP contribution in [-0.2, 0) is 7.05 Å². The van der Waals surface area contributed by atoms with E-state index < -0.39 is 0 Å². The van der Waals surface area contributed by atoms with Crippen LogP contribution >= 0.6 is 11.6 Å². The summed E-state index contributed by atoms with van der Waals surface area (Å²) in [5, 5.41) is 0.685. The van der Waals surface area contributed by atoms with Gasteiger partial charge in [0.05, 0.1) is 16.4 Å². The number of hydrogen-bond acceptors (Lipinski definition) is 4. The molecule has 0 atom stereocenters. The van der Waals surface area contributed by atoms with Gasteiger partial charge in [-0.15, -0.1) is 0 Å². The summed E-state index contributed by atoms with van der Waals surface area (Å²) in [6.07, 6.45) is 2.41. The van der Waals surface area contributed by atoms with Gasteiger partial charge in [0.25, 0.3) is 5.91 Å². The van der Waals surface area contributed by atoms with Crippen LogP contribution in [0.25, 0.3) is 27.7 Å². The first kappa shape index (κ1) is 20.0. The second-order valence-electron chi connectivity index (χ2n) is 8.19. The maximum absolute atomic E-state index is 13.6. The fourth-order valence-corrected chi connectivity index (χ4v) is 4.74. The third-order valence-electron chi connectivity index (χ3n) is 6.27. The van der Waals surface area contributed by atoms with Gasteiger partial charge in [-0.3, -0.25) is 14.0 Å². The number of carbonyl (C=O) groups excluding carboxylic acids is 1. The van der Waals surface area contributed by atoms with Crippen molar-refractivity contribution in [2.24, 2.45) is 7.05 Å². The predicted molar refractivity (Wildman–Crippen MR) is 123 cm³/mol. The number of halogens is 1. The Morgan fingerprint density at radius 2 is 1.84 bits per heavy atom. The minimum Gasteiger partial charge on any atom is -0.340 e. The SMILES string of the molecule is CN(CCN1CCCC1)C(=O)c1c(=O)c2ccc(Cl)nc2n2c3ccccc3n(C)c12. The maximum Gasteiger partial charge on any atom is 0.261 e. The van der Waals surface area contributed by atoms with Crippen molar-refractivity contribution < 1.29 is 4.79 Å². The summed E-state index contributed by atoms with van der Waals surface area (Å²) in [4.78, 5) is 35.5. The fourth-order valence-electron chi connectivity index (χ4n) is 4.60.